The van der Waals surface area contributed by atoms with Crippen LogP contribution in [0.5, 0.6) is 0 Å². The maximum absolute atomic E-state index is 14.3. The average molecular weight is 366 g/mol. The van der Waals surface area contributed by atoms with Gasteiger partial charge in [0.15, 0.2) is 5.43 Å². The van der Waals surface area contributed by atoms with Gasteiger partial charge in [0.1, 0.15) is 6.17 Å². The summed E-state index contributed by atoms with van der Waals surface area (Å²) in [6.07, 6.45) is 4.88. The summed E-state index contributed by atoms with van der Waals surface area (Å²) < 4.78 is 16.2. The van der Waals surface area contributed by atoms with Gasteiger partial charge in [-0.3, -0.25) is 9.78 Å². The van der Waals surface area contributed by atoms with Crippen LogP contribution in [0.1, 0.15) is 12.0 Å². The van der Waals surface area contributed by atoms with Gasteiger partial charge in [-0.05, 0) is 30.7 Å². The molecule has 2 atom stereocenters. The first-order valence-electron chi connectivity index (χ1n) is 9.21. The predicted octanol–water partition coefficient (Wildman–Crippen LogP) is 2.64. The van der Waals surface area contributed by atoms with E-state index in [9.17, 15) is 9.18 Å². The van der Waals surface area contributed by atoms with Crippen molar-refractivity contribution in [1.29, 1.82) is 0 Å². The Kier molecular flexibility index (Phi) is 4.90. The largest absolute Gasteiger partial charge is 0.366 e. The Morgan fingerprint density at radius 2 is 2.07 bits per heavy atom. The van der Waals surface area contributed by atoms with Crippen LogP contribution in [0.25, 0.3) is 10.9 Å². The fourth-order valence-electron chi connectivity index (χ4n) is 3.83. The lowest BCUT2D eigenvalue weighted by molar-refractivity contribution is 0.248. The zero-order valence-corrected chi connectivity index (χ0v) is 15.3. The number of para-hydroxylation sites is 1. The van der Waals surface area contributed by atoms with E-state index in [-0.39, 0.29) is 11.5 Å². The second kappa shape index (κ2) is 7.48. The number of aromatic nitrogens is 2. The van der Waals surface area contributed by atoms with Gasteiger partial charge in [0.2, 0.25) is 0 Å². The van der Waals surface area contributed by atoms with Crippen molar-refractivity contribution >= 4 is 16.6 Å². The van der Waals surface area contributed by atoms with Crippen LogP contribution in [0.4, 0.5) is 10.1 Å². The molecule has 0 saturated carbocycles. The normalized spacial score (nSPS) is 20.1. The van der Waals surface area contributed by atoms with Crippen LogP contribution in [0.15, 0.2) is 59.8 Å². The van der Waals surface area contributed by atoms with Gasteiger partial charge in [-0.25, -0.2) is 4.39 Å². The zero-order chi connectivity index (χ0) is 18.8. The van der Waals surface area contributed by atoms with Crippen LogP contribution in [0.2, 0.25) is 0 Å². The lowest BCUT2D eigenvalue weighted by atomic mass is 10.0. The van der Waals surface area contributed by atoms with Crippen molar-refractivity contribution in [3.63, 3.8) is 0 Å². The van der Waals surface area contributed by atoms with Gasteiger partial charge in [-0.1, -0.05) is 12.1 Å². The van der Waals surface area contributed by atoms with Gasteiger partial charge in [-0.2, -0.15) is 0 Å². The molecule has 1 saturated heterocycles. The molecule has 0 amide bonds. The molecule has 1 N–H and O–H groups in total. The highest BCUT2D eigenvalue weighted by atomic mass is 19.1. The summed E-state index contributed by atoms with van der Waals surface area (Å²) in [5, 5.41) is 4.10. The Morgan fingerprint density at radius 1 is 1.22 bits per heavy atom. The molecule has 0 radical (unpaired) electrons. The lowest BCUT2D eigenvalue weighted by Crippen LogP contribution is -2.50. The maximum Gasteiger partial charge on any atom is 0.193 e. The van der Waals surface area contributed by atoms with Gasteiger partial charge in [0, 0.05) is 56.1 Å². The second-order valence-corrected chi connectivity index (χ2v) is 7.14. The molecule has 2 aromatic heterocycles. The number of piperidine rings is 1. The van der Waals surface area contributed by atoms with E-state index in [0.717, 1.165) is 11.2 Å². The molecule has 0 unspecified atom stereocenters. The Labute approximate surface area is 157 Å². The van der Waals surface area contributed by atoms with E-state index in [1.54, 1.807) is 12.4 Å². The van der Waals surface area contributed by atoms with Crippen LogP contribution in [0, 0.1) is 0 Å². The van der Waals surface area contributed by atoms with Crippen molar-refractivity contribution in [2.75, 3.05) is 18.0 Å². The number of fused-ring (bicyclic) bond motifs is 1. The summed E-state index contributed by atoms with van der Waals surface area (Å²) in [5.41, 5.74) is 2.57. The molecule has 5 nitrogen and oxygen atoms in total. The van der Waals surface area contributed by atoms with Crippen LogP contribution in [0.3, 0.4) is 0 Å². The number of rotatable bonds is 4. The minimum atomic E-state index is -0.907. The third-order valence-corrected chi connectivity index (χ3v) is 5.16. The average Bonchev–Trinajstić information content (AvgIpc) is 2.70. The van der Waals surface area contributed by atoms with Crippen molar-refractivity contribution < 1.29 is 4.39 Å². The molecule has 1 fully saturated rings. The van der Waals surface area contributed by atoms with E-state index in [4.69, 9.17) is 0 Å². The molecule has 4 rings (SSSR count). The van der Waals surface area contributed by atoms with Crippen molar-refractivity contribution in [2.24, 2.45) is 7.05 Å². The monoisotopic (exact) mass is 366 g/mol. The van der Waals surface area contributed by atoms with Gasteiger partial charge < -0.3 is 14.8 Å². The van der Waals surface area contributed by atoms with Crippen LogP contribution >= 0.6 is 0 Å². The summed E-state index contributed by atoms with van der Waals surface area (Å²) in [6.45, 7) is 1.50. The molecule has 140 valence electrons. The molecular formula is C21H23FN4O. The molecule has 6 heteroatoms. The van der Waals surface area contributed by atoms with Gasteiger partial charge in [0.05, 0.1) is 17.4 Å². The molecule has 27 heavy (non-hydrogen) atoms. The minimum Gasteiger partial charge on any atom is -0.366 e. The maximum atomic E-state index is 14.3. The summed E-state index contributed by atoms with van der Waals surface area (Å²) in [5.74, 6) is 0. The topological polar surface area (TPSA) is 50.2 Å². The summed E-state index contributed by atoms with van der Waals surface area (Å²) in [7, 11) is 1.94. The Morgan fingerprint density at radius 3 is 2.89 bits per heavy atom. The number of halogens is 1. The number of nitrogens with one attached hydrogen (secondary N) is 1. The number of alkyl halides is 1. The highest BCUT2D eigenvalue weighted by Crippen LogP contribution is 2.21. The van der Waals surface area contributed by atoms with E-state index in [1.807, 2.05) is 59.1 Å². The third-order valence-electron chi connectivity index (χ3n) is 5.16. The van der Waals surface area contributed by atoms with Crippen molar-refractivity contribution in [2.45, 2.75) is 25.2 Å². The lowest BCUT2D eigenvalue weighted by Gasteiger charge is -2.36. The standard InChI is InChI=1S/C21H23FN4O/c1-25-12-15(21(27)19-6-2-3-7-20(19)25)10-24-17-9-16(22)13-26(14-17)18-5-4-8-23-11-18/h2-8,11-12,16-17,24H,9-10,13-14H2,1H3/t16-,17-/m0/s1. The van der Waals surface area contributed by atoms with Crippen molar-refractivity contribution in [3.05, 3.63) is 70.8 Å². The highest BCUT2D eigenvalue weighted by Gasteiger charge is 2.27. The molecule has 3 heterocycles. The molecule has 1 aliphatic heterocycles. The quantitative estimate of drug-likeness (QED) is 0.771. The van der Waals surface area contributed by atoms with Crippen LogP contribution in [-0.2, 0) is 13.6 Å². The molecule has 0 spiro atoms. The summed E-state index contributed by atoms with van der Waals surface area (Å²) in [6, 6.07) is 11.4. The third kappa shape index (κ3) is 3.71. The fourth-order valence-corrected chi connectivity index (χ4v) is 3.83. The summed E-state index contributed by atoms with van der Waals surface area (Å²) in [4.78, 5) is 18.9. The first kappa shape index (κ1) is 17.7. The SMILES string of the molecule is Cn1cc(CN[C@H]2C[C@H](F)CN(c3cccnc3)C2)c(=O)c2ccccc21. The second-order valence-electron chi connectivity index (χ2n) is 7.14. The molecule has 0 bridgehead atoms. The smallest absolute Gasteiger partial charge is 0.193 e. The number of anilines is 1. The van der Waals surface area contributed by atoms with E-state index in [0.29, 0.717) is 37.0 Å². The van der Waals surface area contributed by atoms with E-state index >= 15 is 0 Å². The van der Waals surface area contributed by atoms with Gasteiger partial charge in [-0.15, -0.1) is 0 Å². The molecule has 0 aliphatic carbocycles. The number of hydrogen-bond acceptors (Lipinski definition) is 4. The number of aryl methyl sites for hydroxylation is 1. The Balaban J connectivity index is 1.51. The summed E-state index contributed by atoms with van der Waals surface area (Å²) >= 11 is 0. The van der Waals surface area contributed by atoms with Gasteiger partial charge >= 0.3 is 0 Å². The van der Waals surface area contributed by atoms with E-state index in [2.05, 4.69) is 10.3 Å². The molecule has 1 aliphatic rings. The van der Waals surface area contributed by atoms with Crippen LogP contribution in [-0.4, -0.2) is 34.9 Å². The molecule has 3 aromatic rings. The Bertz CT molecular complexity index is 988. The predicted molar refractivity (Wildman–Crippen MR) is 106 cm³/mol. The number of nitrogens with zero attached hydrogens (tertiary/aromatic N) is 3. The van der Waals surface area contributed by atoms with Crippen molar-refractivity contribution in [3.8, 4) is 0 Å². The van der Waals surface area contributed by atoms with E-state index < -0.39 is 6.17 Å². The molecule has 1 aromatic carbocycles. The first-order chi connectivity index (χ1) is 13.1. The Hall–Kier alpha value is -2.73. The number of benzene rings is 1. The zero-order valence-electron chi connectivity index (χ0n) is 15.3. The number of hydrogen-bond donors (Lipinski definition) is 1. The number of pyridine rings is 2. The van der Waals surface area contributed by atoms with Crippen molar-refractivity contribution in [1.82, 2.24) is 14.9 Å². The first-order valence-corrected chi connectivity index (χ1v) is 9.21. The van der Waals surface area contributed by atoms with Crippen LogP contribution < -0.4 is 15.6 Å². The van der Waals surface area contributed by atoms with E-state index in [1.165, 1.54) is 0 Å². The minimum absolute atomic E-state index is 0.0230. The molecular weight excluding hydrogens is 343 g/mol. The van der Waals surface area contributed by atoms with Gasteiger partial charge in [0.25, 0.3) is 0 Å². The fraction of sp³-hybridized carbons (Fsp3) is 0.333. The highest BCUT2D eigenvalue weighted by molar-refractivity contribution is 5.79.